The van der Waals surface area contributed by atoms with Crippen molar-refractivity contribution in [2.24, 2.45) is 5.73 Å². The number of carbonyl (C=O) groups excluding carboxylic acids is 1. The number of rotatable bonds is 4. The molecule has 3 rings (SSSR count). The van der Waals surface area contributed by atoms with E-state index in [1.807, 2.05) is 30.3 Å². The number of piperidine rings is 1. The Labute approximate surface area is 149 Å². The van der Waals surface area contributed by atoms with E-state index in [4.69, 9.17) is 5.73 Å². The van der Waals surface area contributed by atoms with E-state index in [1.54, 1.807) is 0 Å². The lowest BCUT2D eigenvalue weighted by molar-refractivity contribution is 0.0933. The van der Waals surface area contributed by atoms with Crippen molar-refractivity contribution in [1.29, 1.82) is 0 Å². The largest absolute Gasteiger partial charge is 0.369 e. The van der Waals surface area contributed by atoms with Crippen molar-refractivity contribution in [1.82, 2.24) is 5.32 Å². The Kier molecular flexibility index (Phi) is 6.64. The number of benzene rings is 2. The molecule has 0 saturated carbocycles. The maximum atomic E-state index is 12.4. The SMILES string of the molecule is Cl.NCc1ccc(C(=O)NC2CCCN(c3ccccc3)C2)cc1. The van der Waals surface area contributed by atoms with Crippen LogP contribution in [-0.2, 0) is 6.54 Å². The van der Waals surface area contributed by atoms with Crippen LogP contribution >= 0.6 is 12.4 Å². The number of nitrogens with one attached hydrogen (secondary N) is 1. The van der Waals surface area contributed by atoms with E-state index in [1.165, 1.54) is 5.69 Å². The summed E-state index contributed by atoms with van der Waals surface area (Å²) in [7, 11) is 0. The molecule has 0 aliphatic carbocycles. The number of para-hydroxylation sites is 1. The van der Waals surface area contributed by atoms with Gasteiger partial charge in [-0.05, 0) is 42.7 Å². The van der Waals surface area contributed by atoms with Crippen LogP contribution in [0.1, 0.15) is 28.8 Å². The first kappa shape index (κ1) is 18.3. The van der Waals surface area contributed by atoms with Crippen LogP contribution in [0.15, 0.2) is 54.6 Å². The summed E-state index contributed by atoms with van der Waals surface area (Å²) >= 11 is 0. The van der Waals surface area contributed by atoms with Crippen LogP contribution in [0.2, 0.25) is 0 Å². The van der Waals surface area contributed by atoms with Gasteiger partial charge in [-0.1, -0.05) is 30.3 Å². The zero-order valence-corrected chi connectivity index (χ0v) is 14.5. The second-order valence-corrected chi connectivity index (χ2v) is 6.00. The molecule has 128 valence electrons. The monoisotopic (exact) mass is 345 g/mol. The Hall–Kier alpha value is -2.04. The van der Waals surface area contributed by atoms with Gasteiger partial charge in [0.25, 0.3) is 5.91 Å². The van der Waals surface area contributed by atoms with Crippen molar-refractivity contribution in [2.45, 2.75) is 25.4 Å². The minimum Gasteiger partial charge on any atom is -0.369 e. The first-order valence-electron chi connectivity index (χ1n) is 8.16. The molecule has 1 fully saturated rings. The summed E-state index contributed by atoms with van der Waals surface area (Å²) in [5.74, 6) is -0.00603. The first-order valence-corrected chi connectivity index (χ1v) is 8.16. The fourth-order valence-electron chi connectivity index (χ4n) is 3.03. The quantitative estimate of drug-likeness (QED) is 0.895. The standard InChI is InChI=1S/C19H23N3O.ClH/c20-13-15-8-10-16(11-9-15)19(23)21-17-5-4-12-22(14-17)18-6-2-1-3-7-18;/h1-3,6-11,17H,4-5,12-14,20H2,(H,21,23);1H. The molecule has 2 aromatic rings. The highest BCUT2D eigenvalue weighted by Gasteiger charge is 2.21. The number of hydrogen-bond donors (Lipinski definition) is 2. The second kappa shape index (κ2) is 8.71. The molecule has 0 spiro atoms. The van der Waals surface area contributed by atoms with Gasteiger partial charge in [0.2, 0.25) is 0 Å². The van der Waals surface area contributed by atoms with Crippen LogP contribution < -0.4 is 16.0 Å². The first-order chi connectivity index (χ1) is 11.3. The molecule has 1 heterocycles. The Balaban J connectivity index is 0.00000208. The van der Waals surface area contributed by atoms with E-state index in [2.05, 4.69) is 34.5 Å². The molecule has 1 saturated heterocycles. The van der Waals surface area contributed by atoms with Gasteiger partial charge in [-0.3, -0.25) is 4.79 Å². The maximum Gasteiger partial charge on any atom is 0.251 e. The zero-order valence-electron chi connectivity index (χ0n) is 13.7. The third kappa shape index (κ3) is 4.49. The lowest BCUT2D eigenvalue weighted by Crippen LogP contribution is -2.47. The summed E-state index contributed by atoms with van der Waals surface area (Å²) in [5.41, 5.74) is 8.54. The topological polar surface area (TPSA) is 58.4 Å². The second-order valence-electron chi connectivity index (χ2n) is 6.00. The predicted octanol–water partition coefficient (Wildman–Crippen LogP) is 2.97. The maximum absolute atomic E-state index is 12.4. The van der Waals surface area contributed by atoms with Gasteiger partial charge in [0.05, 0.1) is 0 Å². The molecular weight excluding hydrogens is 322 g/mol. The zero-order chi connectivity index (χ0) is 16.1. The number of nitrogens with zero attached hydrogens (tertiary/aromatic N) is 1. The van der Waals surface area contributed by atoms with Crippen molar-refractivity contribution in [3.63, 3.8) is 0 Å². The van der Waals surface area contributed by atoms with E-state index in [9.17, 15) is 4.79 Å². The fourth-order valence-corrected chi connectivity index (χ4v) is 3.03. The highest BCUT2D eigenvalue weighted by Crippen LogP contribution is 2.19. The minimum atomic E-state index is -0.00603. The lowest BCUT2D eigenvalue weighted by atomic mass is 10.0. The number of anilines is 1. The summed E-state index contributed by atoms with van der Waals surface area (Å²) < 4.78 is 0. The van der Waals surface area contributed by atoms with E-state index in [0.29, 0.717) is 12.1 Å². The van der Waals surface area contributed by atoms with Crippen molar-refractivity contribution in [3.05, 3.63) is 65.7 Å². The molecule has 1 aliphatic heterocycles. The molecule has 3 N–H and O–H groups in total. The third-order valence-corrected chi connectivity index (χ3v) is 4.33. The number of carbonyl (C=O) groups is 1. The van der Waals surface area contributed by atoms with Crippen molar-refractivity contribution in [2.75, 3.05) is 18.0 Å². The van der Waals surface area contributed by atoms with Crippen LogP contribution in [-0.4, -0.2) is 25.0 Å². The molecule has 4 nitrogen and oxygen atoms in total. The van der Waals surface area contributed by atoms with Gasteiger partial charge in [0.1, 0.15) is 0 Å². The van der Waals surface area contributed by atoms with E-state index in [-0.39, 0.29) is 24.4 Å². The molecule has 0 radical (unpaired) electrons. The fraction of sp³-hybridized carbons (Fsp3) is 0.316. The molecule has 1 unspecified atom stereocenters. The average molecular weight is 346 g/mol. The van der Waals surface area contributed by atoms with Crippen LogP contribution in [0.5, 0.6) is 0 Å². The average Bonchev–Trinajstić information content (AvgIpc) is 2.63. The Morgan fingerprint density at radius 2 is 1.83 bits per heavy atom. The highest BCUT2D eigenvalue weighted by atomic mass is 35.5. The molecule has 24 heavy (non-hydrogen) atoms. The smallest absolute Gasteiger partial charge is 0.251 e. The Bertz CT molecular complexity index is 645. The van der Waals surface area contributed by atoms with Gasteiger partial charge in [-0.25, -0.2) is 0 Å². The summed E-state index contributed by atoms with van der Waals surface area (Å²) in [6.45, 7) is 2.40. The van der Waals surface area contributed by atoms with Gasteiger partial charge in [-0.2, -0.15) is 0 Å². The molecule has 0 bridgehead atoms. The Morgan fingerprint density at radius 3 is 2.50 bits per heavy atom. The molecule has 2 aromatic carbocycles. The summed E-state index contributed by atoms with van der Waals surface area (Å²) in [6, 6.07) is 18.1. The van der Waals surface area contributed by atoms with Gasteiger partial charge in [0.15, 0.2) is 0 Å². The van der Waals surface area contributed by atoms with Crippen molar-refractivity contribution < 1.29 is 4.79 Å². The van der Waals surface area contributed by atoms with Gasteiger partial charge >= 0.3 is 0 Å². The number of halogens is 1. The minimum absolute atomic E-state index is 0. The molecule has 5 heteroatoms. The predicted molar refractivity (Wildman–Crippen MR) is 101 cm³/mol. The lowest BCUT2D eigenvalue weighted by Gasteiger charge is -2.34. The van der Waals surface area contributed by atoms with Gasteiger partial charge in [0, 0.05) is 36.9 Å². The van der Waals surface area contributed by atoms with Crippen molar-refractivity contribution in [3.8, 4) is 0 Å². The van der Waals surface area contributed by atoms with Gasteiger partial charge < -0.3 is 16.0 Å². The van der Waals surface area contributed by atoms with E-state index in [0.717, 1.165) is 31.5 Å². The van der Waals surface area contributed by atoms with Gasteiger partial charge in [-0.15, -0.1) is 12.4 Å². The number of hydrogen-bond acceptors (Lipinski definition) is 3. The van der Waals surface area contributed by atoms with E-state index < -0.39 is 0 Å². The van der Waals surface area contributed by atoms with Crippen molar-refractivity contribution >= 4 is 24.0 Å². The van der Waals surface area contributed by atoms with Crippen LogP contribution in [0.3, 0.4) is 0 Å². The molecule has 1 amide bonds. The molecule has 0 aromatic heterocycles. The van der Waals surface area contributed by atoms with Crippen LogP contribution in [0, 0.1) is 0 Å². The van der Waals surface area contributed by atoms with Crippen LogP contribution in [0.25, 0.3) is 0 Å². The Morgan fingerprint density at radius 1 is 1.12 bits per heavy atom. The third-order valence-electron chi connectivity index (χ3n) is 4.33. The summed E-state index contributed by atoms with van der Waals surface area (Å²) in [6.07, 6.45) is 2.11. The van der Waals surface area contributed by atoms with E-state index >= 15 is 0 Å². The molecule has 1 atom stereocenters. The summed E-state index contributed by atoms with van der Waals surface area (Å²) in [4.78, 5) is 14.7. The number of nitrogens with two attached hydrogens (primary N) is 1. The summed E-state index contributed by atoms with van der Waals surface area (Å²) in [5, 5.41) is 3.16. The normalized spacial score (nSPS) is 17.0. The molecule has 1 aliphatic rings. The number of amides is 1. The highest BCUT2D eigenvalue weighted by molar-refractivity contribution is 5.94. The molecular formula is C19H24ClN3O. The van der Waals surface area contributed by atoms with Crippen LogP contribution in [0.4, 0.5) is 5.69 Å².